The molecule has 1 fully saturated rings. The molecule has 4 rings (SSSR count). The molecule has 164 valence electrons. The van der Waals surface area contributed by atoms with Crippen LogP contribution in [-0.2, 0) is 6.18 Å². The Hall–Kier alpha value is -3.03. The number of hydrogen-bond acceptors (Lipinski definition) is 4. The Morgan fingerprint density at radius 2 is 1.87 bits per heavy atom. The number of pyridine rings is 1. The van der Waals surface area contributed by atoms with Crippen LogP contribution in [0.4, 0.5) is 18.9 Å². The minimum absolute atomic E-state index is 0.0153. The standard InChI is InChI=1S/C23H24F3N3O2/c1-14-11-12-31-21(14)22(30)27-15-7-9-16(10-8-15)29(2)19-13-20(23(24,25)26)28-18-6-4-3-5-17(18)19/h3-6,11-13,15-16H,7-10H2,1-2H3,(H,27,30)/t15-,16+. The molecule has 0 saturated heterocycles. The molecule has 0 atom stereocenters. The topological polar surface area (TPSA) is 58.4 Å². The molecule has 0 aliphatic heterocycles. The number of fused-ring (bicyclic) bond motifs is 1. The summed E-state index contributed by atoms with van der Waals surface area (Å²) < 4.78 is 45.4. The highest BCUT2D eigenvalue weighted by atomic mass is 19.4. The van der Waals surface area contributed by atoms with Gasteiger partial charge in [-0.25, -0.2) is 4.98 Å². The fourth-order valence-electron chi connectivity index (χ4n) is 4.25. The van der Waals surface area contributed by atoms with Crippen LogP contribution in [0.1, 0.15) is 47.5 Å². The second-order valence-corrected chi connectivity index (χ2v) is 8.06. The van der Waals surface area contributed by atoms with Crippen molar-refractivity contribution in [1.82, 2.24) is 10.3 Å². The fraction of sp³-hybridized carbons (Fsp3) is 0.391. The molecule has 2 aromatic heterocycles. The summed E-state index contributed by atoms with van der Waals surface area (Å²) in [5.41, 5.74) is 0.754. The predicted octanol–water partition coefficient (Wildman–Crippen LogP) is 5.33. The minimum atomic E-state index is -4.51. The van der Waals surface area contributed by atoms with Crippen LogP contribution >= 0.6 is 0 Å². The van der Waals surface area contributed by atoms with E-state index in [0.717, 1.165) is 37.3 Å². The molecule has 1 aliphatic carbocycles. The molecule has 5 nitrogen and oxygen atoms in total. The quantitative estimate of drug-likeness (QED) is 0.607. The Balaban J connectivity index is 1.49. The Morgan fingerprint density at radius 1 is 1.16 bits per heavy atom. The SMILES string of the molecule is Cc1ccoc1C(=O)N[C@H]1CC[C@@H](N(C)c2cc(C(F)(F)F)nc3ccccc23)CC1. The summed E-state index contributed by atoms with van der Waals surface area (Å²) in [6.07, 6.45) is -0.00559. The highest BCUT2D eigenvalue weighted by molar-refractivity contribution is 5.93. The van der Waals surface area contributed by atoms with E-state index in [1.807, 2.05) is 18.9 Å². The zero-order valence-corrected chi connectivity index (χ0v) is 17.4. The first kappa shape index (κ1) is 21.2. The summed E-state index contributed by atoms with van der Waals surface area (Å²) in [6.45, 7) is 1.82. The van der Waals surface area contributed by atoms with Crippen molar-refractivity contribution in [1.29, 1.82) is 0 Å². The zero-order chi connectivity index (χ0) is 22.2. The van der Waals surface area contributed by atoms with Gasteiger partial charge in [-0.3, -0.25) is 4.79 Å². The lowest BCUT2D eigenvalue weighted by Crippen LogP contribution is -2.43. The summed E-state index contributed by atoms with van der Waals surface area (Å²) in [4.78, 5) is 18.1. The van der Waals surface area contributed by atoms with Crippen LogP contribution in [0.5, 0.6) is 0 Å². The lowest BCUT2D eigenvalue weighted by Gasteiger charge is -2.36. The third-order valence-corrected chi connectivity index (χ3v) is 6.01. The van der Waals surface area contributed by atoms with E-state index in [9.17, 15) is 18.0 Å². The number of aryl methyl sites for hydroxylation is 1. The van der Waals surface area contributed by atoms with Gasteiger partial charge in [0.1, 0.15) is 5.69 Å². The maximum absolute atomic E-state index is 13.4. The molecule has 1 N–H and O–H groups in total. The van der Waals surface area contributed by atoms with Crippen molar-refractivity contribution in [3.05, 3.63) is 59.7 Å². The highest BCUT2D eigenvalue weighted by Crippen LogP contribution is 2.36. The number of amides is 1. The first-order chi connectivity index (χ1) is 14.7. The molecule has 2 heterocycles. The average molecular weight is 431 g/mol. The van der Waals surface area contributed by atoms with Gasteiger partial charge in [0, 0.05) is 35.8 Å². The maximum atomic E-state index is 13.4. The van der Waals surface area contributed by atoms with Crippen LogP contribution in [0.3, 0.4) is 0 Å². The van der Waals surface area contributed by atoms with E-state index in [-0.39, 0.29) is 18.0 Å². The van der Waals surface area contributed by atoms with Gasteiger partial charge in [0.25, 0.3) is 5.91 Å². The Bertz CT molecular complexity index is 1090. The maximum Gasteiger partial charge on any atom is 0.433 e. The molecule has 0 bridgehead atoms. The number of benzene rings is 1. The number of anilines is 1. The molecule has 8 heteroatoms. The number of aromatic nitrogens is 1. The van der Waals surface area contributed by atoms with E-state index >= 15 is 0 Å². The zero-order valence-electron chi connectivity index (χ0n) is 17.4. The second kappa shape index (κ2) is 8.24. The van der Waals surface area contributed by atoms with E-state index in [1.165, 1.54) is 6.26 Å². The summed E-state index contributed by atoms with van der Waals surface area (Å²) in [6, 6.07) is 9.86. The second-order valence-electron chi connectivity index (χ2n) is 8.06. The van der Waals surface area contributed by atoms with E-state index in [2.05, 4.69) is 10.3 Å². The predicted molar refractivity (Wildman–Crippen MR) is 112 cm³/mol. The average Bonchev–Trinajstić information content (AvgIpc) is 3.18. The van der Waals surface area contributed by atoms with Crippen molar-refractivity contribution < 1.29 is 22.4 Å². The molecule has 1 saturated carbocycles. The van der Waals surface area contributed by atoms with Crippen LogP contribution in [0.2, 0.25) is 0 Å². The molecule has 1 amide bonds. The number of nitrogens with zero attached hydrogens (tertiary/aromatic N) is 2. The van der Waals surface area contributed by atoms with Crippen LogP contribution in [0.15, 0.2) is 47.1 Å². The number of para-hydroxylation sites is 1. The van der Waals surface area contributed by atoms with Gasteiger partial charge >= 0.3 is 6.18 Å². The van der Waals surface area contributed by atoms with Crippen LogP contribution < -0.4 is 10.2 Å². The van der Waals surface area contributed by atoms with Crippen molar-refractivity contribution >= 4 is 22.5 Å². The molecule has 3 aromatic rings. The summed E-state index contributed by atoms with van der Waals surface area (Å²) >= 11 is 0. The van der Waals surface area contributed by atoms with Crippen molar-refractivity contribution in [2.45, 2.75) is 50.9 Å². The number of furan rings is 1. The van der Waals surface area contributed by atoms with Crippen molar-refractivity contribution in [2.75, 3.05) is 11.9 Å². The van der Waals surface area contributed by atoms with Crippen molar-refractivity contribution in [3.63, 3.8) is 0 Å². The Morgan fingerprint density at radius 3 is 2.52 bits per heavy atom. The van der Waals surface area contributed by atoms with Gasteiger partial charge < -0.3 is 14.6 Å². The molecule has 1 aliphatic rings. The van der Waals surface area contributed by atoms with Gasteiger partial charge in [-0.05, 0) is 50.8 Å². The molecule has 0 unspecified atom stereocenters. The van der Waals surface area contributed by atoms with Gasteiger partial charge in [0.2, 0.25) is 0 Å². The van der Waals surface area contributed by atoms with Gasteiger partial charge in [-0.1, -0.05) is 18.2 Å². The first-order valence-corrected chi connectivity index (χ1v) is 10.3. The molecule has 0 radical (unpaired) electrons. The van der Waals surface area contributed by atoms with Crippen molar-refractivity contribution in [2.24, 2.45) is 0 Å². The largest absolute Gasteiger partial charge is 0.459 e. The van der Waals surface area contributed by atoms with E-state index in [0.29, 0.717) is 22.4 Å². The smallest absolute Gasteiger partial charge is 0.433 e. The number of rotatable bonds is 4. The molecule has 31 heavy (non-hydrogen) atoms. The monoisotopic (exact) mass is 431 g/mol. The van der Waals surface area contributed by atoms with Gasteiger partial charge in [0.05, 0.1) is 11.8 Å². The normalized spacial score (nSPS) is 19.4. The highest BCUT2D eigenvalue weighted by Gasteiger charge is 2.34. The lowest BCUT2D eigenvalue weighted by molar-refractivity contribution is -0.140. The molecule has 1 aromatic carbocycles. The first-order valence-electron chi connectivity index (χ1n) is 10.3. The van der Waals surface area contributed by atoms with Gasteiger partial charge in [-0.15, -0.1) is 0 Å². The van der Waals surface area contributed by atoms with E-state index in [1.54, 1.807) is 30.3 Å². The molecular formula is C23H24F3N3O2. The number of alkyl halides is 3. The minimum Gasteiger partial charge on any atom is -0.459 e. The summed E-state index contributed by atoms with van der Waals surface area (Å²) in [7, 11) is 1.83. The Labute approximate surface area is 178 Å². The summed E-state index contributed by atoms with van der Waals surface area (Å²) in [5.74, 6) is 0.0939. The van der Waals surface area contributed by atoms with E-state index in [4.69, 9.17) is 4.42 Å². The molecule has 0 spiro atoms. The number of hydrogen-bond donors (Lipinski definition) is 1. The van der Waals surface area contributed by atoms with E-state index < -0.39 is 11.9 Å². The molecular weight excluding hydrogens is 407 g/mol. The third-order valence-electron chi connectivity index (χ3n) is 6.01. The van der Waals surface area contributed by atoms with Crippen LogP contribution in [0, 0.1) is 6.92 Å². The lowest BCUT2D eigenvalue weighted by atomic mass is 9.89. The van der Waals surface area contributed by atoms with Gasteiger partial charge in [-0.2, -0.15) is 13.2 Å². The number of carbonyl (C=O) groups excluding carboxylic acids is 1. The number of halogens is 3. The van der Waals surface area contributed by atoms with Crippen LogP contribution in [-0.4, -0.2) is 30.0 Å². The van der Waals surface area contributed by atoms with Crippen LogP contribution in [0.25, 0.3) is 10.9 Å². The summed E-state index contributed by atoms with van der Waals surface area (Å²) in [5, 5.41) is 3.71. The third kappa shape index (κ3) is 4.38. The fourth-order valence-corrected chi connectivity index (χ4v) is 4.25. The van der Waals surface area contributed by atoms with Gasteiger partial charge in [0.15, 0.2) is 5.76 Å². The van der Waals surface area contributed by atoms with Crippen molar-refractivity contribution in [3.8, 4) is 0 Å². The number of nitrogens with one attached hydrogen (secondary N) is 1. The Kier molecular flexibility index (Phi) is 5.64. The number of carbonyl (C=O) groups is 1.